The molecule has 0 aliphatic carbocycles. The van der Waals surface area contributed by atoms with E-state index in [1.54, 1.807) is 0 Å². The number of carboxylic acid groups (broad SMARTS) is 1. The topological polar surface area (TPSA) is 198 Å². The van der Waals surface area contributed by atoms with Crippen LogP contribution in [0.15, 0.2) is 11.0 Å². The molecule has 0 aliphatic heterocycles. The molecule has 13 heteroatoms. The van der Waals surface area contributed by atoms with Crippen LogP contribution in [0.5, 0.6) is 5.75 Å². The molecule has 0 aliphatic rings. The van der Waals surface area contributed by atoms with Crippen LogP contribution in [0.1, 0.15) is 10.4 Å². The van der Waals surface area contributed by atoms with Crippen molar-refractivity contribution in [1.29, 1.82) is 0 Å². The number of nitro groups is 2. The average Bonchev–Trinajstić information content (AvgIpc) is 2.25. The van der Waals surface area contributed by atoms with Crippen molar-refractivity contribution < 1.29 is 37.8 Å². The Bertz CT molecular complexity index is 736. The maximum Gasteiger partial charge on any atom is 0.389 e. The van der Waals surface area contributed by atoms with E-state index in [2.05, 4.69) is 0 Å². The zero-order valence-corrected chi connectivity index (χ0v) is 9.90. The first-order valence-corrected chi connectivity index (χ1v) is 5.82. The highest BCUT2D eigenvalue weighted by molar-refractivity contribution is 7.86. The number of hydrogen-bond donors (Lipinski definition) is 3. The van der Waals surface area contributed by atoms with E-state index in [9.17, 15) is 38.5 Å². The minimum Gasteiger partial charge on any atom is -0.501 e. The molecule has 1 aromatic rings. The molecule has 0 radical (unpaired) electrons. The van der Waals surface area contributed by atoms with Crippen LogP contribution in [0, 0.1) is 20.2 Å². The fraction of sp³-hybridized carbons (Fsp3) is 0. The summed E-state index contributed by atoms with van der Waals surface area (Å²) in [5, 5.41) is 39.4. The van der Waals surface area contributed by atoms with E-state index >= 15 is 0 Å². The van der Waals surface area contributed by atoms with Gasteiger partial charge in [-0.3, -0.25) is 24.8 Å². The van der Waals surface area contributed by atoms with E-state index < -0.39 is 53.5 Å². The summed E-state index contributed by atoms with van der Waals surface area (Å²) in [6.07, 6.45) is 0. The molecule has 1 aromatic carbocycles. The summed E-state index contributed by atoms with van der Waals surface area (Å²) in [7, 11) is -5.33. The molecule has 0 aromatic heterocycles. The number of rotatable bonds is 4. The van der Waals surface area contributed by atoms with Crippen LogP contribution in [0.4, 0.5) is 11.4 Å². The van der Waals surface area contributed by atoms with E-state index in [0.29, 0.717) is 0 Å². The standard InChI is InChI=1S/C7H4N2O10S/c10-6-2(7(11)12)1-3(20(17,18)19)4(8(13)14)5(6)9(15)16/h1,10H,(H,11,12)(H,17,18,19). The highest BCUT2D eigenvalue weighted by Crippen LogP contribution is 2.43. The zero-order valence-electron chi connectivity index (χ0n) is 9.08. The van der Waals surface area contributed by atoms with Crippen LogP contribution in [0.25, 0.3) is 0 Å². The van der Waals surface area contributed by atoms with Gasteiger partial charge in [0, 0.05) is 0 Å². The molecule has 0 saturated carbocycles. The van der Waals surface area contributed by atoms with E-state index in [-0.39, 0.29) is 6.07 Å². The number of hydrogen-bond acceptors (Lipinski definition) is 8. The molecule has 0 spiro atoms. The third-order valence-electron chi connectivity index (χ3n) is 2.09. The normalized spacial score (nSPS) is 11.1. The summed E-state index contributed by atoms with van der Waals surface area (Å²) in [4.78, 5) is 27.4. The highest BCUT2D eigenvalue weighted by Gasteiger charge is 2.41. The molecule has 0 heterocycles. The summed E-state index contributed by atoms with van der Waals surface area (Å²) in [6.45, 7) is 0. The summed E-state index contributed by atoms with van der Waals surface area (Å²) in [5.41, 5.74) is -4.77. The van der Waals surface area contributed by atoms with Crippen molar-refractivity contribution in [3.8, 4) is 5.75 Å². The molecule has 20 heavy (non-hydrogen) atoms. The maximum absolute atomic E-state index is 11.0. The molecule has 0 amide bonds. The number of carboxylic acids is 1. The Balaban J connectivity index is 4.09. The van der Waals surface area contributed by atoms with Gasteiger partial charge >= 0.3 is 27.5 Å². The average molecular weight is 308 g/mol. The van der Waals surface area contributed by atoms with Gasteiger partial charge in [-0.15, -0.1) is 0 Å². The predicted octanol–water partition coefficient (Wildman–Crippen LogP) is 0.153. The van der Waals surface area contributed by atoms with Crippen LogP contribution >= 0.6 is 0 Å². The van der Waals surface area contributed by atoms with E-state index in [4.69, 9.17) is 9.66 Å². The molecule has 0 bridgehead atoms. The number of phenols is 1. The van der Waals surface area contributed by atoms with Gasteiger partial charge in [0.25, 0.3) is 0 Å². The third-order valence-corrected chi connectivity index (χ3v) is 2.95. The fourth-order valence-electron chi connectivity index (χ4n) is 1.33. The van der Waals surface area contributed by atoms with E-state index in [1.807, 2.05) is 0 Å². The van der Waals surface area contributed by atoms with E-state index in [1.165, 1.54) is 0 Å². The first-order valence-electron chi connectivity index (χ1n) is 4.38. The quantitative estimate of drug-likeness (QED) is 0.390. The number of carbonyl (C=O) groups is 1. The summed E-state index contributed by atoms with van der Waals surface area (Å²) >= 11 is 0. The lowest BCUT2D eigenvalue weighted by atomic mass is 10.1. The monoisotopic (exact) mass is 308 g/mol. The van der Waals surface area contributed by atoms with Crippen LogP contribution in [-0.4, -0.2) is 39.0 Å². The van der Waals surface area contributed by atoms with Crippen LogP contribution in [-0.2, 0) is 10.1 Å². The number of nitrogens with zero attached hydrogens (tertiary/aromatic N) is 2. The lowest BCUT2D eigenvalue weighted by Gasteiger charge is -2.05. The van der Waals surface area contributed by atoms with Gasteiger partial charge in [-0.25, -0.2) is 4.79 Å². The number of aromatic hydroxyl groups is 1. The Morgan fingerprint density at radius 3 is 1.90 bits per heavy atom. The summed E-state index contributed by atoms with van der Waals surface area (Å²) < 4.78 is 30.7. The lowest BCUT2D eigenvalue weighted by Crippen LogP contribution is -2.10. The summed E-state index contributed by atoms with van der Waals surface area (Å²) in [6, 6.07) is 0.0537. The van der Waals surface area contributed by atoms with Crippen molar-refractivity contribution in [2.45, 2.75) is 4.90 Å². The Morgan fingerprint density at radius 1 is 1.15 bits per heavy atom. The molecule has 1 rings (SSSR count). The van der Waals surface area contributed by atoms with Gasteiger partial charge in [-0.1, -0.05) is 0 Å². The smallest absolute Gasteiger partial charge is 0.389 e. The maximum atomic E-state index is 11.0. The molecule has 0 atom stereocenters. The Hall–Kier alpha value is -2.80. The lowest BCUT2D eigenvalue weighted by molar-refractivity contribution is -0.425. The molecule has 12 nitrogen and oxygen atoms in total. The van der Waals surface area contributed by atoms with Gasteiger partial charge in [-0.2, -0.15) is 8.42 Å². The summed E-state index contributed by atoms with van der Waals surface area (Å²) in [5.74, 6) is -3.58. The van der Waals surface area contributed by atoms with Crippen LogP contribution < -0.4 is 0 Å². The van der Waals surface area contributed by atoms with Gasteiger partial charge in [0.2, 0.25) is 5.75 Å². The van der Waals surface area contributed by atoms with E-state index in [0.717, 1.165) is 0 Å². The van der Waals surface area contributed by atoms with Crippen molar-refractivity contribution in [2.24, 2.45) is 0 Å². The molecule has 0 fully saturated rings. The second-order valence-electron chi connectivity index (χ2n) is 3.26. The molecule has 0 saturated heterocycles. The molecule has 108 valence electrons. The Morgan fingerprint density at radius 2 is 1.60 bits per heavy atom. The van der Waals surface area contributed by atoms with Crippen molar-refractivity contribution >= 4 is 27.5 Å². The van der Waals surface area contributed by atoms with Crippen molar-refractivity contribution in [3.05, 3.63) is 31.9 Å². The van der Waals surface area contributed by atoms with Crippen molar-refractivity contribution in [3.63, 3.8) is 0 Å². The molecular formula is C7H4N2O10S. The first kappa shape index (κ1) is 15.3. The number of nitro benzene ring substituents is 2. The number of benzene rings is 1. The second-order valence-corrected chi connectivity index (χ2v) is 4.65. The highest BCUT2D eigenvalue weighted by atomic mass is 32.2. The van der Waals surface area contributed by atoms with Gasteiger partial charge in [0.15, 0.2) is 4.90 Å². The molecule has 3 N–H and O–H groups in total. The van der Waals surface area contributed by atoms with Gasteiger partial charge in [-0.05, 0) is 6.07 Å². The van der Waals surface area contributed by atoms with Gasteiger partial charge < -0.3 is 10.2 Å². The first-order chi connectivity index (χ1) is 8.98. The molecular weight excluding hydrogens is 304 g/mol. The van der Waals surface area contributed by atoms with Crippen LogP contribution in [0.2, 0.25) is 0 Å². The van der Waals surface area contributed by atoms with Crippen LogP contribution in [0.3, 0.4) is 0 Å². The SMILES string of the molecule is O=C(O)c1cc(S(=O)(=O)O)c([N+](=O)[O-])c([N+](=O)[O-])c1O. The molecule has 0 unspecified atom stereocenters. The Labute approximate surface area is 108 Å². The largest absolute Gasteiger partial charge is 0.501 e. The minimum atomic E-state index is -5.33. The zero-order chi connectivity index (χ0) is 15.8. The second kappa shape index (κ2) is 4.71. The van der Waals surface area contributed by atoms with Crippen molar-refractivity contribution in [2.75, 3.05) is 0 Å². The van der Waals surface area contributed by atoms with Gasteiger partial charge in [0.05, 0.1) is 9.85 Å². The minimum absolute atomic E-state index is 0.0537. The van der Waals surface area contributed by atoms with Gasteiger partial charge in [0.1, 0.15) is 5.56 Å². The number of aromatic carboxylic acids is 1. The Kier molecular flexibility index (Phi) is 3.59. The fourth-order valence-corrected chi connectivity index (χ4v) is 2.02. The predicted molar refractivity (Wildman–Crippen MR) is 58.2 cm³/mol. The third kappa shape index (κ3) is 2.47. The van der Waals surface area contributed by atoms with Crippen molar-refractivity contribution in [1.82, 2.24) is 0 Å².